The molecule has 0 aliphatic carbocycles. The topological polar surface area (TPSA) is 147 Å². The molecule has 0 saturated heterocycles. The van der Waals surface area contributed by atoms with Crippen molar-refractivity contribution in [3.8, 4) is 0 Å². The molecule has 148 valence electrons. The lowest BCUT2D eigenvalue weighted by Gasteiger charge is -2.12. The van der Waals surface area contributed by atoms with E-state index >= 15 is 0 Å². The third kappa shape index (κ3) is 4.22. The van der Waals surface area contributed by atoms with E-state index < -0.39 is 59.5 Å². The van der Waals surface area contributed by atoms with Crippen molar-refractivity contribution >= 4 is 27.5 Å². The molecule has 0 heterocycles. The molecule has 0 amide bonds. The molecule has 0 bridgehead atoms. The third-order valence-corrected chi connectivity index (χ3v) is 4.49. The lowest BCUT2D eigenvalue weighted by molar-refractivity contribution is -0.385. The van der Waals surface area contributed by atoms with Crippen molar-refractivity contribution in [2.24, 2.45) is 0 Å². The van der Waals surface area contributed by atoms with Gasteiger partial charge in [-0.15, -0.1) is 0 Å². The van der Waals surface area contributed by atoms with Crippen LogP contribution in [-0.2, 0) is 20.5 Å². The Kier molecular flexibility index (Phi) is 5.36. The fraction of sp³-hybridized carbons (Fsp3) is 0.0714. The Morgan fingerprint density at radius 1 is 0.964 bits per heavy atom. The Morgan fingerprint density at radius 3 is 2.00 bits per heavy atom. The van der Waals surface area contributed by atoms with Crippen LogP contribution in [0.5, 0.6) is 0 Å². The van der Waals surface area contributed by atoms with Gasteiger partial charge in [0.2, 0.25) is 0 Å². The van der Waals surface area contributed by atoms with Crippen LogP contribution in [0.2, 0.25) is 0 Å². The normalized spacial score (nSPS) is 11.7. The fourth-order valence-electron chi connectivity index (χ4n) is 2.07. The molecule has 2 rings (SSSR count). The fourth-order valence-corrected chi connectivity index (χ4v) is 2.92. The molecule has 0 unspecified atom stereocenters. The van der Waals surface area contributed by atoms with Crippen LogP contribution in [0.1, 0.15) is 15.9 Å². The smallest absolute Gasteiger partial charge is 0.337 e. The van der Waals surface area contributed by atoms with Gasteiger partial charge >= 0.3 is 22.3 Å². The number of nitrogens with zero attached hydrogens (tertiary/aromatic N) is 2. The number of carbonyl (C=O) groups excluding carboxylic acids is 1. The van der Waals surface area contributed by atoms with E-state index in [1.807, 2.05) is 0 Å². The molecule has 2 aromatic rings. The lowest BCUT2D eigenvalue weighted by Crippen LogP contribution is -2.20. The second-order valence-electron chi connectivity index (χ2n) is 5.03. The molecule has 0 radical (unpaired) electrons. The van der Waals surface area contributed by atoms with Crippen molar-refractivity contribution < 1.29 is 40.4 Å². The van der Waals surface area contributed by atoms with Gasteiger partial charge < -0.3 is 4.18 Å². The van der Waals surface area contributed by atoms with Gasteiger partial charge in [0.1, 0.15) is 4.90 Å². The number of rotatable bonds is 5. The molecular formula is C14H7F3N2O8S. The summed E-state index contributed by atoms with van der Waals surface area (Å²) in [5.41, 5.74) is -5.15. The first-order valence-electron chi connectivity index (χ1n) is 6.92. The van der Waals surface area contributed by atoms with Crippen LogP contribution < -0.4 is 0 Å². The Balaban J connectivity index is 2.49. The third-order valence-electron chi connectivity index (χ3n) is 3.27. The second-order valence-corrected chi connectivity index (χ2v) is 6.58. The number of hydrogen-bond acceptors (Lipinski definition) is 8. The number of carbonyl (C=O) groups is 1. The van der Waals surface area contributed by atoms with E-state index in [1.165, 1.54) is 0 Å². The lowest BCUT2D eigenvalue weighted by atomic mass is 10.1. The summed E-state index contributed by atoms with van der Waals surface area (Å²) in [5, 5.41) is 21.5. The van der Waals surface area contributed by atoms with E-state index in [2.05, 4.69) is 4.18 Å². The van der Waals surface area contributed by atoms with Crippen molar-refractivity contribution in [3.05, 3.63) is 73.8 Å². The van der Waals surface area contributed by atoms with Gasteiger partial charge in [0.15, 0.2) is 5.56 Å². The summed E-state index contributed by atoms with van der Waals surface area (Å²) in [4.78, 5) is 30.7. The highest BCUT2D eigenvalue weighted by molar-refractivity contribution is 7.87. The van der Waals surface area contributed by atoms with Gasteiger partial charge in [0.25, 0.3) is 11.4 Å². The van der Waals surface area contributed by atoms with Gasteiger partial charge in [-0.05, 0) is 18.2 Å². The van der Waals surface area contributed by atoms with E-state index in [-0.39, 0.29) is 0 Å². The van der Waals surface area contributed by atoms with E-state index in [0.29, 0.717) is 30.3 Å². The van der Waals surface area contributed by atoms with Crippen molar-refractivity contribution in [2.45, 2.75) is 11.1 Å². The summed E-state index contributed by atoms with van der Waals surface area (Å²) in [6, 6.07) is 4.48. The molecule has 10 nitrogen and oxygen atoms in total. The van der Waals surface area contributed by atoms with E-state index in [4.69, 9.17) is 0 Å². The van der Waals surface area contributed by atoms with Crippen LogP contribution in [0.3, 0.4) is 0 Å². The van der Waals surface area contributed by atoms with Gasteiger partial charge in [-0.3, -0.25) is 20.2 Å². The summed E-state index contributed by atoms with van der Waals surface area (Å²) in [6.07, 6.45) is -5.21. The maximum atomic E-state index is 13.1. The number of hydrogen-bond donors (Lipinski definition) is 0. The highest BCUT2D eigenvalue weighted by atomic mass is 32.2. The number of alkyl halides is 3. The average molecular weight is 420 g/mol. The molecule has 0 aromatic heterocycles. The van der Waals surface area contributed by atoms with Crippen LogP contribution in [-0.4, -0.2) is 24.2 Å². The molecule has 0 saturated carbocycles. The summed E-state index contributed by atoms with van der Waals surface area (Å²) >= 11 is 0. The average Bonchev–Trinajstić information content (AvgIpc) is 2.59. The number of benzene rings is 2. The number of non-ortho nitro benzene ring substituents is 1. The Labute approximate surface area is 153 Å². The molecule has 0 aliphatic heterocycles. The second kappa shape index (κ2) is 7.22. The molecule has 2 aromatic carbocycles. The monoisotopic (exact) mass is 420 g/mol. The predicted octanol–water partition coefficient (Wildman–Crippen LogP) is 3.07. The predicted molar refractivity (Wildman–Crippen MR) is 83.8 cm³/mol. The molecule has 28 heavy (non-hydrogen) atoms. The largest absolute Gasteiger partial charge is 0.417 e. The number of halogens is 3. The molecule has 0 fully saturated rings. The van der Waals surface area contributed by atoms with Gasteiger partial charge in [-0.1, -0.05) is 6.07 Å². The zero-order chi connectivity index (χ0) is 21.3. The van der Waals surface area contributed by atoms with Crippen LogP contribution >= 0.6 is 0 Å². The maximum Gasteiger partial charge on any atom is 0.417 e. The molecule has 0 N–H and O–H groups in total. The van der Waals surface area contributed by atoms with Crippen LogP contribution in [0, 0.1) is 20.2 Å². The summed E-state index contributed by atoms with van der Waals surface area (Å²) < 4.78 is 67.5. The molecule has 0 aliphatic rings. The summed E-state index contributed by atoms with van der Waals surface area (Å²) in [5.74, 6) is -2.13. The SMILES string of the molecule is O=C(OS(=O)(=O)c1ccc([N+](=O)[O-])cc1)c1c([N+](=O)[O-])cccc1C(F)(F)F. The van der Waals surface area contributed by atoms with Gasteiger partial charge in [-0.25, -0.2) is 4.79 Å². The molecule has 14 heteroatoms. The molecule has 0 spiro atoms. The maximum absolute atomic E-state index is 13.1. The van der Waals surface area contributed by atoms with E-state index in [9.17, 15) is 46.6 Å². The highest BCUT2D eigenvalue weighted by Crippen LogP contribution is 2.36. The minimum absolute atomic E-state index is 0.349. The van der Waals surface area contributed by atoms with Gasteiger partial charge in [0.05, 0.1) is 15.4 Å². The van der Waals surface area contributed by atoms with Crippen molar-refractivity contribution in [2.75, 3.05) is 0 Å². The first-order valence-corrected chi connectivity index (χ1v) is 8.33. The standard InChI is InChI=1S/C14H7F3N2O8S/c15-14(16,17)10-2-1-3-11(19(23)24)12(10)13(20)27-28(25,26)9-6-4-8(5-7-9)18(21)22/h1-7H. The minimum atomic E-state index is -5.21. The van der Waals surface area contributed by atoms with E-state index in [0.717, 1.165) is 12.1 Å². The quantitative estimate of drug-likeness (QED) is 0.407. The van der Waals surface area contributed by atoms with Crippen molar-refractivity contribution in [1.82, 2.24) is 0 Å². The van der Waals surface area contributed by atoms with Crippen molar-refractivity contribution in [1.29, 1.82) is 0 Å². The van der Waals surface area contributed by atoms with Crippen LogP contribution in [0.4, 0.5) is 24.5 Å². The van der Waals surface area contributed by atoms with E-state index in [1.54, 1.807) is 0 Å². The summed E-state index contributed by atoms with van der Waals surface area (Å²) in [7, 11) is -5.02. The minimum Gasteiger partial charge on any atom is -0.337 e. The first-order chi connectivity index (χ1) is 12.8. The highest BCUT2D eigenvalue weighted by Gasteiger charge is 2.41. The zero-order valence-corrected chi connectivity index (χ0v) is 14.1. The number of nitro benzene ring substituents is 2. The Morgan fingerprint density at radius 2 is 1.54 bits per heavy atom. The van der Waals surface area contributed by atoms with Crippen LogP contribution in [0.15, 0.2) is 47.4 Å². The van der Waals surface area contributed by atoms with Gasteiger partial charge in [-0.2, -0.15) is 21.6 Å². The first kappa shape index (κ1) is 20.8. The Bertz CT molecular complexity index is 1060. The van der Waals surface area contributed by atoms with Crippen molar-refractivity contribution in [3.63, 3.8) is 0 Å². The zero-order valence-electron chi connectivity index (χ0n) is 13.2. The molecular weight excluding hydrogens is 413 g/mol. The summed E-state index contributed by atoms with van der Waals surface area (Å²) in [6.45, 7) is 0. The number of nitro groups is 2. The van der Waals surface area contributed by atoms with Gasteiger partial charge in [0, 0.05) is 18.2 Å². The van der Waals surface area contributed by atoms with Crippen LogP contribution in [0.25, 0.3) is 0 Å². The Hall–Kier alpha value is -3.55. The molecule has 0 atom stereocenters.